The molecule has 0 saturated heterocycles. The van der Waals surface area contributed by atoms with Crippen LogP contribution in [0.3, 0.4) is 0 Å². The summed E-state index contributed by atoms with van der Waals surface area (Å²) in [5, 5.41) is 8.63. The average molecular weight is 338 g/mol. The number of carboxylic acids is 1. The number of likely N-dealkylation sites (N-methyl/N-ethyl adjacent to an activating group) is 1. The van der Waals surface area contributed by atoms with Gasteiger partial charge in [0.1, 0.15) is 17.2 Å². The second kappa shape index (κ2) is 5.68. The van der Waals surface area contributed by atoms with E-state index in [1.54, 1.807) is 6.07 Å². The van der Waals surface area contributed by atoms with E-state index in [4.69, 9.17) is 9.84 Å². The van der Waals surface area contributed by atoms with Gasteiger partial charge in [-0.3, -0.25) is 4.79 Å². The van der Waals surface area contributed by atoms with E-state index in [2.05, 4.69) is 15.9 Å². The van der Waals surface area contributed by atoms with Crippen molar-refractivity contribution in [1.29, 1.82) is 0 Å². The Labute approximate surface area is 113 Å². The van der Waals surface area contributed by atoms with Gasteiger partial charge in [-0.15, -0.1) is 0 Å². The maximum Gasteiger partial charge on any atom is 0.318 e. The summed E-state index contributed by atoms with van der Waals surface area (Å²) in [7, 11) is -1.36. The second-order valence-corrected chi connectivity index (χ2v) is 6.38. The lowest BCUT2D eigenvalue weighted by atomic mass is 10.3. The number of carboxylic acid groups (broad SMARTS) is 1. The highest BCUT2D eigenvalue weighted by Crippen LogP contribution is 2.29. The van der Waals surface area contributed by atoms with Gasteiger partial charge in [-0.1, -0.05) is 15.9 Å². The van der Waals surface area contributed by atoms with E-state index < -0.39 is 22.5 Å². The van der Waals surface area contributed by atoms with Gasteiger partial charge in [-0.2, -0.15) is 4.31 Å². The fraction of sp³-hybridized carbons (Fsp3) is 0.300. The van der Waals surface area contributed by atoms with Gasteiger partial charge in [-0.25, -0.2) is 8.42 Å². The first kappa shape index (κ1) is 14.9. The number of hydrogen-bond donors (Lipinski definition) is 1. The molecular weight excluding hydrogens is 326 g/mol. The minimum Gasteiger partial charge on any atom is -0.495 e. The zero-order chi connectivity index (χ0) is 13.9. The number of rotatable bonds is 5. The molecule has 1 N–H and O–H groups in total. The molecule has 0 amide bonds. The minimum atomic E-state index is -3.90. The lowest BCUT2D eigenvalue weighted by Gasteiger charge is -2.17. The molecule has 0 aliphatic carbocycles. The Morgan fingerprint density at radius 1 is 1.50 bits per heavy atom. The fourth-order valence-corrected chi connectivity index (χ4v) is 3.11. The first-order valence-corrected chi connectivity index (χ1v) is 7.04. The number of hydrogen-bond acceptors (Lipinski definition) is 4. The molecule has 0 unspecified atom stereocenters. The van der Waals surface area contributed by atoms with Crippen molar-refractivity contribution in [1.82, 2.24) is 4.31 Å². The monoisotopic (exact) mass is 337 g/mol. The summed E-state index contributed by atoms with van der Waals surface area (Å²) in [6.45, 7) is -0.613. The smallest absolute Gasteiger partial charge is 0.318 e. The summed E-state index contributed by atoms with van der Waals surface area (Å²) in [6.07, 6.45) is 0. The van der Waals surface area contributed by atoms with Crippen LogP contribution in [0.1, 0.15) is 0 Å². The summed E-state index contributed by atoms with van der Waals surface area (Å²) in [5.41, 5.74) is 0. The van der Waals surface area contributed by atoms with Crippen molar-refractivity contribution >= 4 is 31.9 Å². The van der Waals surface area contributed by atoms with E-state index in [0.29, 0.717) is 4.47 Å². The number of aliphatic carboxylic acids is 1. The molecule has 100 valence electrons. The van der Waals surface area contributed by atoms with Crippen molar-refractivity contribution in [3.63, 3.8) is 0 Å². The Morgan fingerprint density at radius 3 is 2.61 bits per heavy atom. The van der Waals surface area contributed by atoms with Crippen molar-refractivity contribution < 1.29 is 23.1 Å². The molecule has 0 spiro atoms. The van der Waals surface area contributed by atoms with Crippen LogP contribution in [0.25, 0.3) is 0 Å². The van der Waals surface area contributed by atoms with Crippen molar-refractivity contribution in [2.24, 2.45) is 0 Å². The predicted octanol–water partition coefficient (Wildman–Crippen LogP) is 1.16. The molecule has 0 aliphatic heterocycles. The molecule has 18 heavy (non-hydrogen) atoms. The maximum atomic E-state index is 12.2. The summed E-state index contributed by atoms with van der Waals surface area (Å²) in [5.74, 6) is -1.06. The third-order valence-electron chi connectivity index (χ3n) is 2.17. The number of nitrogens with zero attached hydrogens (tertiary/aromatic N) is 1. The Bertz CT molecular complexity index is 557. The van der Waals surface area contributed by atoms with Crippen LogP contribution in [0.4, 0.5) is 0 Å². The topological polar surface area (TPSA) is 83.9 Å². The zero-order valence-electron chi connectivity index (χ0n) is 9.75. The minimum absolute atomic E-state index is 0.0804. The van der Waals surface area contributed by atoms with Gasteiger partial charge < -0.3 is 9.84 Å². The molecule has 8 heteroatoms. The number of carbonyl (C=O) groups is 1. The number of benzene rings is 1. The van der Waals surface area contributed by atoms with Crippen molar-refractivity contribution in [3.8, 4) is 5.75 Å². The Balaban J connectivity index is 3.27. The van der Waals surface area contributed by atoms with E-state index in [1.165, 1.54) is 26.3 Å². The Kier molecular flexibility index (Phi) is 4.71. The van der Waals surface area contributed by atoms with Crippen molar-refractivity contribution in [2.45, 2.75) is 4.90 Å². The van der Waals surface area contributed by atoms with E-state index in [-0.39, 0.29) is 10.6 Å². The van der Waals surface area contributed by atoms with Crippen molar-refractivity contribution in [3.05, 3.63) is 22.7 Å². The molecule has 6 nitrogen and oxygen atoms in total. The van der Waals surface area contributed by atoms with Gasteiger partial charge in [0.2, 0.25) is 10.0 Å². The van der Waals surface area contributed by atoms with Crippen LogP contribution in [0.15, 0.2) is 27.6 Å². The number of ether oxygens (including phenoxy) is 1. The molecule has 0 radical (unpaired) electrons. The van der Waals surface area contributed by atoms with Crippen LogP contribution < -0.4 is 4.74 Å². The first-order chi connectivity index (χ1) is 8.28. The molecule has 0 aliphatic rings. The lowest BCUT2D eigenvalue weighted by molar-refractivity contribution is -0.137. The van der Waals surface area contributed by atoms with Gasteiger partial charge in [0.25, 0.3) is 0 Å². The van der Waals surface area contributed by atoms with Crippen molar-refractivity contribution in [2.75, 3.05) is 20.7 Å². The molecule has 1 aromatic carbocycles. The maximum absolute atomic E-state index is 12.2. The van der Waals surface area contributed by atoms with Crippen LogP contribution in [-0.2, 0) is 14.8 Å². The molecule has 0 heterocycles. The second-order valence-electron chi connectivity index (χ2n) is 3.45. The van der Waals surface area contributed by atoms with E-state index in [9.17, 15) is 13.2 Å². The molecule has 1 aromatic rings. The third kappa shape index (κ3) is 3.21. The molecular formula is C10H12BrNO5S. The first-order valence-electron chi connectivity index (χ1n) is 4.80. The number of halogens is 1. The predicted molar refractivity (Wildman–Crippen MR) is 68.1 cm³/mol. The highest BCUT2D eigenvalue weighted by molar-refractivity contribution is 9.10. The average Bonchev–Trinajstić information content (AvgIpc) is 2.28. The largest absolute Gasteiger partial charge is 0.495 e. The third-order valence-corrected chi connectivity index (χ3v) is 4.49. The standard InChI is InChI=1S/C10H12BrNO5S/c1-12(6-10(13)14)18(15,16)9-5-7(11)3-4-8(9)17-2/h3-5H,6H2,1-2H3,(H,13,14). The molecule has 0 bridgehead atoms. The van der Waals surface area contributed by atoms with E-state index in [1.807, 2.05) is 0 Å². The number of methoxy groups -OCH3 is 1. The Hall–Kier alpha value is -1.12. The molecule has 0 fully saturated rings. The van der Waals surface area contributed by atoms with Crippen LogP contribution in [0.2, 0.25) is 0 Å². The van der Waals surface area contributed by atoms with Gasteiger partial charge in [-0.05, 0) is 18.2 Å². The lowest BCUT2D eigenvalue weighted by Crippen LogP contribution is -2.32. The van der Waals surface area contributed by atoms with E-state index >= 15 is 0 Å². The summed E-state index contributed by atoms with van der Waals surface area (Å²) >= 11 is 3.16. The summed E-state index contributed by atoms with van der Waals surface area (Å²) in [4.78, 5) is 10.5. The quantitative estimate of drug-likeness (QED) is 0.871. The van der Waals surface area contributed by atoms with Crippen LogP contribution in [0, 0.1) is 0 Å². The van der Waals surface area contributed by atoms with Gasteiger partial charge >= 0.3 is 5.97 Å². The van der Waals surface area contributed by atoms with Gasteiger partial charge in [0.15, 0.2) is 0 Å². The zero-order valence-corrected chi connectivity index (χ0v) is 12.2. The summed E-state index contributed by atoms with van der Waals surface area (Å²) < 4.78 is 30.6. The molecule has 0 aromatic heterocycles. The SMILES string of the molecule is COc1ccc(Br)cc1S(=O)(=O)N(C)CC(=O)O. The highest BCUT2D eigenvalue weighted by atomic mass is 79.9. The van der Waals surface area contributed by atoms with Gasteiger partial charge in [0, 0.05) is 11.5 Å². The van der Waals surface area contributed by atoms with Crippen LogP contribution in [-0.4, -0.2) is 44.5 Å². The highest BCUT2D eigenvalue weighted by Gasteiger charge is 2.26. The fourth-order valence-electron chi connectivity index (χ4n) is 1.30. The Morgan fingerprint density at radius 2 is 2.11 bits per heavy atom. The summed E-state index contributed by atoms with van der Waals surface area (Å²) in [6, 6.07) is 4.49. The van der Waals surface area contributed by atoms with Crippen LogP contribution in [0.5, 0.6) is 5.75 Å². The normalized spacial score (nSPS) is 11.6. The van der Waals surface area contributed by atoms with Crippen LogP contribution >= 0.6 is 15.9 Å². The number of sulfonamides is 1. The van der Waals surface area contributed by atoms with Gasteiger partial charge in [0.05, 0.1) is 7.11 Å². The molecule has 0 saturated carbocycles. The molecule has 1 rings (SSSR count). The molecule has 0 atom stereocenters. The van der Waals surface area contributed by atoms with E-state index in [0.717, 1.165) is 4.31 Å².